The molecule has 1 aromatic rings. The molecule has 0 radical (unpaired) electrons. The maximum Gasteiger partial charge on any atom is 0.233 e. The van der Waals surface area contributed by atoms with Crippen LogP contribution in [0.1, 0.15) is 12.8 Å². The highest BCUT2D eigenvalue weighted by Crippen LogP contribution is 2.22. The van der Waals surface area contributed by atoms with Crippen LogP contribution in [0.15, 0.2) is 12.1 Å². The summed E-state index contributed by atoms with van der Waals surface area (Å²) in [5.41, 5.74) is -0.838. The van der Waals surface area contributed by atoms with Crippen molar-refractivity contribution >= 4 is 15.7 Å². The molecule has 0 bridgehead atoms. The van der Waals surface area contributed by atoms with E-state index < -0.39 is 33.2 Å². The van der Waals surface area contributed by atoms with Gasteiger partial charge in [-0.3, -0.25) is 4.72 Å². The summed E-state index contributed by atoms with van der Waals surface area (Å²) in [4.78, 5) is 0. The fourth-order valence-electron chi connectivity index (χ4n) is 2.21. The average molecular weight is 308 g/mol. The van der Waals surface area contributed by atoms with Gasteiger partial charge in [-0.2, -0.15) is 0 Å². The predicted molar refractivity (Wildman–Crippen MR) is 69.3 cm³/mol. The van der Waals surface area contributed by atoms with E-state index >= 15 is 0 Å². The fourth-order valence-corrected chi connectivity index (χ4v) is 3.71. The molecule has 1 aromatic carbocycles. The summed E-state index contributed by atoms with van der Waals surface area (Å²) in [6.07, 6.45) is 1.60. The molecule has 1 fully saturated rings. The Bertz CT molecular complexity index is 563. The van der Waals surface area contributed by atoms with Crippen LogP contribution in [-0.4, -0.2) is 27.3 Å². The predicted octanol–water partition coefficient (Wildman–Crippen LogP) is 1.85. The molecule has 1 unspecified atom stereocenters. The minimum Gasteiger partial charge on any atom is -0.316 e. The van der Waals surface area contributed by atoms with Crippen LogP contribution >= 0.6 is 0 Å². The molecule has 112 valence electrons. The van der Waals surface area contributed by atoms with Gasteiger partial charge in [0.2, 0.25) is 10.0 Å². The smallest absolute Gasteiger partial charge is 0.233 e. The number of rotatable bonds is 4. The van der Waals surface area contributed by atoms with Crippen LogP contribution in [0.2, 0.25) is 0 Å². The summed E-state index contributed by atoms with van der Waals surface area (Å²) in [6, 6.07) is 0.867. The quantitative estimate of drug-likeness (QED) is 0.892. The van der Waals surface area contributed by atoms with E-state index in [1.54, 1.807) is 0 Å². The molecule has 20 heavy (non-hydrogen) atoms. The highest BCUT2D eigenvalue weighted by molar-refractivity contribution is 7.92. The first-order valence-corrected chi connectivity index (χ1v) is 7.88. The van der Waals surface area contributed by atoms with Crippen molar-refractivity contribution in [1.29, 1.82) is 0 Å². The largest absolute Gasteiger partial charge is 0.316 e. The Labute approximate surface area is 115 Å². The molecule has 1 heterocycles. The molecule has 1 aliphatic heterocycles. The summed E-state index contributed by atoms with van der Waals surface area (Å²) in [6.45, 7) is 1.39. The highest BCUT2D eigenvalue weighted by Gasteiger charge is 2.23. The Morgan fingerprint density at radius 2 is 1.90 bits per heavy atom. The van der Waals surface area contributed by atoms with Gasteiger partial charge in [0.25, 0.3) is 0 Å². The van der Waals surface area contributed by atoms with Crippen LogP contribution in [0.5, 0.6) is 0 Å². The van der Waals surface area contributed by atoms with E-state index in [4.69, 9.17) is 0 Å². The highest BCUT2D eigenvalue weighted by atomic mass is 32.2. The van der Waals surface area contributed by atoms with Crippen LogP contribution in [-0.2, 0) is 10.0 Å². The molecule has 4 nitrogen and oxygen atoms in total. The van der Waals surface area contributed by atoms with Gasteiger partial charge in [0.05, 0.1) is 5.75 Å². The minimum absolute atomic E-state index is 0.104. The molecule has 0 saturated carbocycles. The number of anilines is 1. The normalized spacial score (nSPS) is 19.9. The van der Waals surface area contributed by atoms with Crippen LogP contribution in [0.25, 0.3) is 0 Å². The van der Waals surface area contributed by atoms with Crippen molar-refractivity contribution in [1.82, 2.24) is 5.32 Å². The van der Waals surface area contributed by atoms with Gasteiger partial charge in [0, 0.05) is 12.1 Å². The lowest BCUT2D eigenvalue weighted by atomic mass is 10.0. The van der Waals surface area contributed by atoms with E-state index in [0.717, 1.165) is 19.4 Å². The summed E-state index contributed by atoms with van der Waals surface area (Å²) >= 11 is 0. The van der Waals surface area contributed by atoms with Crippen molar-refractivity contribution in [2.45, 2.75) is 12.8 Å². The maximum atomic E-state index is 13.4. The standard InChI is InChI=1S/C12H15F3N2O2S/c13-9-4-10(14)12(11(15)5-9)17-20(18,19)7-8-2-1-3-16-6-8/h4-5,8,16-17H,1-3,6-7H2. The molecule has 1 atom stereocenters. The zero-order valence-corrected chi connectivity index (χ0v) is 11.4. The first-order valence-electron chi connectivity index (χ1n) is 6.23. The van der Waals surface area contributed by atoms with Gasteiger partial charge in [0.15, 0.2) is 11.6 Å². The summed E-state index contributed by atoms with van der Waals surface area (Å²) < 4.78 is 65.2. The second kappa shape index (κ2) is 6.01. The Hall–Kier alpha value is -1.28. The van der Waals surface area contributed by atoms with Gasteiger partial charge in [-0.25, -0.2) is 21.6 Å². The Balaban J connectivity index is 2.11. The zero-order valence-electron chi connectivity index (χ0n) is 10.6. The average Bonchev–Trinajstić information content (AvgIpc) is 2.34. The van der Waals surface area contributed by atoms with Gasteiger partial charge in [-0.1, -0.05) is 0 Å². The van der Waals surface area contributed by atoms with Crippen molar-refractivity contribution in [3.05, 3.63) is 29.6 Å². The summed E-state index contributed by atoms with van der Waals surface area (Å²) in [5.74, 6) is -3.97. The monoisotopic (exact) mass is 308 g/mol. The minimum atomic E-state index is -3.88. The van der Waals surface area contributed by atoms with Crippen molar-refractivity contribution in [3.63, 3.8) is 0 Å². The number of nitrogens with one attached hydrogen (secondary N) is 2. The lowest BCUT2D eigenvalue weighted by molar-refractivity contribution is 0.404. The second-order valence-corrected chi connectivity index (χ2v) is 6.61. The molecule has 0 spiro atoms. The summed E-state index contributed by atoms with van der Waals surface area (Å²) in [7, 11) is -3.88. The molecule has 1 saturated heterocycles. The van der Waals surface area contributed by atoms with E-state index in [0.29, 0.717) is 18.7 Å². The second-order valence-electron chi connectivity index (χ2n) is 4.84. The van der Waals surface area contributed by atoms with Crippen molar-refractivity contribution in [2.75, 3.05) is 23.6 Å². The summed E-state index contributed by atoms with van der Waals surface area (Å²) in [5, 5.41) is 3.06. The van der Waals surface area contributed by atoms with Crippen LogP contribution in [0, 0.1) is 23.4 Å². The number of hydrogen-bond acceptors (Lipinski definition) is 3. The van der Waals surface area contributed by atoms with Gasteiger partial charge >= 0.3 is 0 Å². The molecule has 2 N–H and O–H groups in total. The number of sulfonamides is 1. The molecule has 8 heteroatoms. The zero-order chi connectivity index (χ0) is 14.8. The Kier molecular flexibility index (Phi) is 4.54. The first kappa shape index (κ1) is 15.1. The lowest BCUT2D eigenvalue weighted by Crippen LogP contribution is -2.35. The maximum absolute atomic E-state index is 13.4. The van der Waals surface area contributed by atoms with Crippen LogP contribution in [0.4, 0.5) is 18.9 Å². The SMILES string of the molecule is O=S(=O)(CC1CCCNC1)Nc1c(F)cc(F)cc1F. The third-order valence-corrected chi connectivity index (χ3v) is 4.54. The number of halogens is 3. The molecular formula is C12H15F3N2O2S. The number of piperidine rings is 1. The van der Waals surface area contributed by atoms with E-state index in [1.165, 1.54) is 0 Å². The fraction of sp³-hybridized carbons (Fsp3) is 0.500. The third kappa shape index (κ3) is 3.86. The lowest BCUT2D eigenvalue weighted by Gasteiger charge is -2.22. The van der Waals surface area contributed by atoms with Crippen LogP contribution in [0.3, 0.4) is 0 Å². The molecule has 0 aliphatic carbocycles. The molecule has 1 aliphatic rings. The van der Waals surface area contributed by atoms with Crippen LogP contribution < -0.4 is 10.0 Å². The Morgan fingerprint density at radius 1 is 1.25 bits per heavy atom. The van der Waals surface area contributed by atoms with Crippen molar-refractivity contribution < 1.29 is 21.6 Å². The Morgan fingerprint density at radius 3 is 2.45 bits per heavy atom. The van der Waals surface area contributed by atoms with E-state index in [2.05, 4.69) is 5.32 Å². The van der Waals surface area contributed by atoms with Crippen molar-refractivity contribution in [3.8, 4) is 0 Å². The molecule has 0 aromatic heterocycles. The van der Waals surface area contributed by atoms with E-state index in [-0.39, 0.29) is 11.7 Å². The van der Waals surface area contributed by atoms with Gasteiger partial charge in [-0.05, 0) is 31.8 Å². The van der Waals surface area contributed by atoms with Crippen molar-refractivity contribution in [2.24, 2.45) is 5.92 Å². The van der Waals surface area contributed by atoms with Gasteiger partial charge in [0.1, 0.15) is 11.5 Å². The molecule has 2 rings (SSSR count). The van der Waals surface area contributed by atoms with E-state index in [9.17, 15) is 21.6 Å². The first-order chi connectivity index (χ1) is 9.37. The number of benzene rings is 1. The van der Waals surface area contributed by atoms with Gasteiger partial charge in [-0.15, -0.1) is 0 Å². The third-order valence-electron chi connectivity index (χ3n) is 3.12. The molecular weight excluding hydrogens is 293 g/mol. The topological polar surface area (TPSA) is 58.2 Å². The van der Waals surface area contributed by atoms with E-state index in [1.807, 2.05) is 4.72 Å². The van der Waals surface area contributed by atoms with Gasteiger partial charge < -0.3 is 5.32 Å². The molecule has 0 amide bonds. The number of hydrogen-bond donors (Lipinski definition) is 2.